The number of hydrogen-bond acceptors (Lipinski definition) is 2. The van der Waals surface area contributed by atoms with Crippen molar-refractivity contribution in [1.82, 2.24) is 5.32 Å². The van der Waals surface area contributed by atoms with Crippen LogP contribution in [0.5, 0.6) is 0 Å². The Morgan fingerprint density at radius 2 is 1.94 bits per heavy atom. The van der Waals surface area contributed by atoms with E-state index in [0.717, 1.165) is 0 Å². The van der Waals surface area contributed by atoms with Gasteiger partial charge in [-0.15, -0.1) is 0 Å². The lowest BCUT2D eigenvalue weighted by atomic mass is 10.1. The first kappa shape index (κ1) is 14.5. The lowest BCUT2D eigenvalue weighted by Gasteiger charge is -2.13. The Hall–Kier alpha value is -1.55. The second kappa shape index (κ2) is 7.01. The summed E-state index contributed by atoms with van der Waals surface area (Å²) in [7, 11) is 0. The first-order valence-electron chi connectivity index (χ1n) is 5.77. The van der Waals surface area contributed by atoms with Gasteiger partial charge in [0.15, 0.2) is 0 Å². The van der Waals surface area contributed by atoms with Crippen LogP contribution in [-0.4, -0.2) is 23.0 Å². The molecule has 4 nitrogen and oxygen atoms in total. The minimum Gasteiger partial charge on any atom is -0.481 e. The van der Waals surface area contributed by atoms with Crippen molar-refractivity contribution in [2.75, 3.05) is 0 Å². The molecule has 1 atom stereocenters. The molecule has 1 amide bonds. The van der Waals surface area contributed by atoms with Gasteiger partial charge in [-0.2, -0.15) is 0 Å². The van der Waals surface area contributed by atoms with Gasteiger partial charge in [0.05, 0.1) is 0 Å². The van der Waals surface area contributed by atoms with Crippen molar-refractivity contribution in [2.24, 2.45) is 0 Å². The van der Waals surface area contributed by atoms with Crippen molar-refractivity contribution in [3.8, 4) is 0 Å². The van der Waals surface area contributed by atoms with Gasteiger partial charge < -0.3 is 10.4 Å². The van der Waals surface area contributed by atoms with Crippen LogP contribution >= 0.6 is 11.6 Å². The van der Waals surface area contributed by atoms with E-state index in [0.29, 0.717) is 23.4 Å². The maximum absolute atomic E-state index is 11.8. The summed E-state index contributed by atoms with van der Waals surface area (Å²) in [6.45, 7) is 1.86. The number of carbonyl (C=O) groups is 2. The zero-order chi connectivity index (χ0) is 13.5. The van der Waals surface area contributed by atoms with E-state index in [2.05, 4.69) is 5.32 Å². The summed E-state index contributed by atoms with van der Waals surface area (Å²) in [6, 6.07) is 6.58. The van der Waals surface area contributed by atoms with Crippen molar-refractivity contribution < 1.29 is 14.7 Å². The molecular weight excluding hydrogens is 254 g/mol. The molecule has 1 unspecified atom stereocenters. The average molecular weight is 270 g/mol. The van der Waals surface area contributed by atoms with Crippen LogP contribution in [0.4, 0.5) is 0 Å². The third-order valence-electron chi connectivity index (χ3n) is 2.51. The summed E-state index contributed by atoms with van der Waals surface area (Å²) < 4.78 is 0. The van der Waals surface area contributed by atoms with Crippen LogP contribution in [0.2, 0.25) is 5.02 Å². The van der Waals surface area contributed by atoms with E-state index < -0.39 is 5.97 Å². The van der Waals surface area contributed by atoms with E-state index in [-0.39, 0.29) is 18.4 Å². The van der Waals surface area contributed by atoms with Crippen molar-refractivity contribution in [3.63, 3.8) is 0 Å². The number of benzene rings is 1. The van der Waals surface area contributed by atoms with Crippen molar-refractivity contribution in [3.05, 3.63) is 34.9 Å². The highest BCUT2D eigenvalue weighted by Crippen LogP contribution is 2.10. The maximum Gasteiger partial charge on any atom is 0.303 e. The van der Waals surface area contributed by atoms with Crippen LogP contribution in [0.25, 0.3) is 0 Å². The Kier molecular flexibility index (Phi) is 5.65. The van der Waals surface area contributed by atoms with Crippen molar-refractivity contribution >= 4 is 23.5 Å². The predicted octanol–water partition coefficient (Wildman–Crippen LogP) is 2.71. The normalized spacial score (nSPS) is 11.9. The summed E-state index contributed by atoms with van der Waals surface area (Å²) in [6.07, 6.45) is 1.32. The summed E-state index contributed by atoms with van der Waals surface area (Å²) in [5.41, 5.74) is 0.546. The molecule has 0 saturated heterocycles. The van der Waals surface area contributed by atoms with Crippen molar-refractivity contribution in [2.45, 2.75) is 32.2 Å². The van der Waals surface area contributed by atoms with Gasteiger partial charge in [0.25, 0.3) is 5.91 Å². The summed E-state index contributed by atoms with van der Waals surface area (Å²) in [4.78, 5) is 22.1. The molecule has 0 spiro atoms. The summed E-state index contributed by atoms with van der Waals surface area (Å²) in [5.74, 6) is -0.985. The number of halogens is 1. The zero-order valence-corrected chi connectivity index (χ0v) is 10.9. The number of carboxylic acids is 1. The lowest BCUT2D eigenvalue weighted by molar-refractivity contribution is -0.137. The fourth-order valence-electron chi connectivity index (χ4n) is 1.54. The van der Waals surface area contributed by atoms with Gasteiger partial charge in [0.2, 0.25) is 0 Å². The van der Waals surface area contributed by atoms with Gasteiger partial charge in [-0.25, -0.2) is 0 Å². The van der Waals surface area contributed by atoms with Gasteiger partial charge in [0.1, 0.15) is 0 Å². The molecule has 0 bridgehead atoms. The molecule has 98 valence electrons. The fraction of sp³-hybridized carbons (Fsp3) is 0.385. The van der Waals surface area contributed by atoms with Gasteiger partial charge in [-0.3, -0.25) is 9.59 Å². The maximum atomic E-state index is 11.8. The standard InChI is InChI=1S/C13H16ClNO3/c1-9(3-2-4-12(16)17)15-13(18)10-5-7-11(14)8-6-10/h5-9H,2-4H2,1H3,(H,15,18)(H,16,17). The highest BCUT2D eigenvalue weighted by Gasteiger charge is 2.10. The van der Waals surface area contributed by atoms with E-state index in [9.17, 15) is 9.59 Å². The predicted molar refractivity (Wildman–Crippen MR) is 69.9 cm³/mol. The van der Waals surface area contributed by atoms with Crippen LogP contribution in [0.15, 0.2) is 24.3 Å². The summed E-state index contributed by atoms with van der Waals surface area (Å²) >= 11 is 5.73. The monoisotopic (exact) mass is 269 g/mol. The topological polar surface area (TPSA) is 66.4 Å². The van der Waals surface area contributed by atoms with E-state index in [1.807, 2.05) is 6.92 Å². The largest absolute Gasteiger partial charge is 0.481 e. The first-order valence-corrected chi connectivity index (χ1v) is 6.15. The smallest absolute Gasteiger partial charge is 0.303 e. The van der Waals surface area contributed by atoms with Gasteiger partial charge in [-0.1, -0.05) is 11.6 Å². The van der Waals surface area contributed by atoms with Crippen LogP contribution in [0, 0.1) is 0 Å². The molecule has 0 aliphatic carbocycles. The van der Waals surface area contributed by atoms with Crippen molar-refractivity contribution in [1.29, 1.82) is 0 Å². The molecule has 0 saturated carbocycles. The summed E-state index contributed by atoms with van der Waals surface area (Å²) in [5, 5.41) is 11.9. The molecule has 0 aliphatic rings. The molecular formula is C13H16ClNO3. The molecule has 0 radical (unpaired) electrons. The molecule has 0 aliphatic heterocycles. The third-order valence-corrected chi connectivity index (χ3v) is 2.76. The number of nitrogens with one attached hydrogen (secondary N) is 1. The van der Waals surface area contributed by atoms with Crippen LogP contribution < -0.4 is 5.32 Å². The Morgan fingerprint density at radius 1 is 1.33 bits per heavy atom. The van der Waals surface area contributed by atoms with Gasteiger partial charge in [-0.05, 0) is 44.0 Å². The van der Waals surface area contributed by atoms with E-state index in [1.54, 1.807) is 24.3 Å². The fourth-order valence-corrected chi connectivity index (χ4v) is 1.67. The first-order chi connectivity index (χ1) is 8.49. The number of aliphatic carboxylic acids is 1. The Labute approximate surface area is 111 Å². The second-order valence-electron chi connectivity index (χ2n) is 4.17. The number of hydrogen-bond donors (Lipinski definition) is 2. The molecule has 18 heavy (non-hydrogen) atoms. The van der Waals surface area contributed by atoms with Gasteiger partial charge in [0, 0.05) is 23.0 Å². The number of rotatable bonds is 6. The van der Waals surface area contributed by atoms with Crippen LogP contribution in [0.1, 0.15) is 36.5 Å². The Balaban J connectivity index is 2.39. The quantitative estimate of drug-likeness (QED) is 0.834. The number of carbonyl (C=O) groups excluding carboxylic acids is 1. The molecule has 5 heteroatoms. The Bertz CT molecular complexity index is 417. The minimum atomic E-state index is -0.814. The number of amides is 1. The second-order valence-corrected chi connectivity index (χ2v) is 4.60. The van der Waals surface area contributed by atoms with Crippen LogP contribution in [-0.2, 0) is 4.79 Å². The minimum absolute atomic E-state index is 0.0486. The highest BCUT2D eigenvalue weighted by atomic mass is 35.5. The average Bonchev–Trinajstić information content (AvgIpc) is 2.29. The van der Waals surface area contributed by atoms with E-state index in [4.69, 9.17) is 16.7 Å². The van der Waals surface area contributed by atoms with Gasteiger partial charge >= 0.3 is 5.97 Å². The Morgan fingerprint density at radius 3 is 2.50 bits per heavy atom. The highest BCUT2D eigenvalue weighted by molar-refractivity contribution is 6.30. The molecule has 1 aromatic rings. The SMILES string of the molecule is CC(CCCC(=O)O)NC(=O)c1ccc(Cl)cc1. The number of carboxylic acid groups (broad SMARTS) is 1. The lowest BCUT2D eigenvalue weighted by Crippen LogP contribution is -2.32. The molecule has 0 aromatic heterocycles. The third kappa shape index (κ3) is 5.19. The van der Waals surface area contributed by atoms with E-state index >= 15 is 0 Å². The zero-order valence-electron chi connectivity index (χ0n) is 10.1. The molecule has 2 N–H and O–H groups in total. The van der Waals surface area contributed by atoms with E-state index in [1.165, 1.54) is 0 Å². The molecule has 1 rings (SSSR count). The molecule has 1 aromatic carbocycles. The molecule has 0 fully saturated rings. The molecule has 0 heterocycles. The van der Waals surface area contributed by atoms with Crippen LogP contribution in [0.3, 0.4) is 0 Å².